The maximum absolute atomic E-state index is 12.1. The predicted octanol–water partition coefficient (Wildman–Crippen LogP) is 3.25. The molecule has 0 saturated heterocycles. The molecule has 19 heavy (non-hydrogen) atoms. The highest BCUT2D eigenvalue weighted by Crippen LogP contribution is 2.30. The molecule has 110 valence electrons. The largest absolute Gasteiger partial charge is 0.481 e. The van der Waals surface area contributed by atoms with Crippen LogP contribution in [0.2, 0.25) is 0 Å². The van der Waals surface area contributed by atoms with Crippen molar-refractivity contribution in [1.82, 2.24) is 0 Å². The lowest BCUT2D eigenvalue weighted by molar-refractivity contribution is -0.158. The zero-order valence-corrected chi connectivity index (χ0v) is 12.2. The highest BCUT2D eigenvalue weighted by Gasteiger charge is 2.32. The Balaban J connectivity index is 2.49. The van der Waals surface area contributed by atoms with Crippen molar-refractivity contribution in [3.05, 3.63) is 0 Å². The van der Waals surface area contributed by atoms with Gasteiger partial charge in [-0.1, -0.05) is 27.2 Å². The van der Waals surface area contributed by atoms with Gasteiger partial charge in [-0.05, 0) is 38.0 Å². The number of carbonyl (C=O) groups is 2. The molecule has 4 nitrogen and oxygen atoms in total. The quantitative estimate of drug-likeness (QED) is 0.752. The van der Waals surface area contributed by atoms with E-state index in [4.69, 9.17) is 9.84 Å². The Morgan fingerprint density at radius 2 is 1.89 bits per heavy atom. The first kappa shape index (κ1) is 16.0. The summed E-state index contributed by atoms with van der Waals surface area (Å²) in [6.07, 6.45) is 4.35. The van der Waals surface area contributed by atoms with Crippen LogP contribution in [0.15, 0.2) is 0 Å². The lowest BCUT2D eigenvalue weighted by Crippen LogP contribution is -2.31. The van der Waals surface area contributed by atoms with Gasteiger partial charge in [-0.2, -0.15) is 0 Å². The molecule has 0 amide bonds. The predicted molar refractivity (Wildman–Crippen MR) is 72.7 cm³/mol. The topological polar surface area (TPSA) is 63.6 Å². The molecule has 3 unspecified atom stereocenters. The summed E-state index contributed by atoms with van der Waals surface area (Å²) < 4.78 is 5.55. The average Bonchev–Trinajstić information content (AvgIpc) is 2.37. The molecule has 3 atom stereocenters. The molecule has 0 aliphatic heterocycles. The maximum Gasteiger partial charge on any atom is 0.309 e. The lowest BCUT2D eigenvalue weighted by atomic mass is 9.81. The van der Waals surface area contributed by atoms with E-state index in [0.717, 1.165) is 25.7 Å². The van der Waals surface area contributed by atoms with Crippen LogP contribution < -0.4 is 0 Å². The zero-order chi connectivity index (χ0) is 14.4. The third-order valence-electron chi connectivity index (χ3n) is 3.83. The van der Waals surface area contributed by atoms with Crippen LogP contribution in [0, 0.1) is 17.8 Å². The molecule has 0 radical (unpaired) electrons. The second-order valence-corrected chi connectivity index (χ2v) is 6.00. The van der Waals surface area contributed by atoms with Gasteiger partial charge in [-0.25, -0.2) is 0 Å². The zero-order valence-electron chi connectivity index (χ0n) is 12.2. The summed E-state index contributed by atoms with van der Waals surface area (Å²) in [5, 5.41) is 9.03. The molecular weight excluding hydrogens is 244 g/mol. The third-order valence-corrected chi connectivity index (χ3v) is 3.83. The minimum Gasteiger partial charge on any atom is -0.481 e. The molecule has 1 fully saturated rings. The number of ether oxygens (including phenoxy) is 1. The van der Waals surface area contributed by atoms with E-state index in [9.17, 15) is 9.59 Å². The van der Waals surface area contributed by atoms with Crippen LogP contribution in [0.3, 0.4) is 0 Å². The number of esters is 1. The van der Waals surface area contributed by atoms with Crippen molar-refractivity contribution in [3.8, 4) is 0 Å². The monoisotopic (exact) mass is 270 g/mol. The fourth-order valence-electron chi connectivity index (χ4n) is 2.71. The van der Waals surface area contributed by atoms with Crippen molar-refractivity contribution in [2.24, 2.45) is 17.8 Å². The van der Waals surface area contributed by atoms with Crippen LogP contribution in [0.1, 0.15) is 59.3 Å². The lowest BCUT2D eigenvalue weighted by Gasteiger charge is -2.27. The average molecular weight is 270 g/mol. The van der Waals surface area contributed by atoms with Gasteiger partial charge in [0.2, 0.25) is 0 Å². The van der Waals surface area contributed by atoms with Crippen molar-refractivity contribution in [2.75, 3.05) is 0 Å². The summed E-state index contributed by atoms with van der Waals surface area (Å²) in [7, 11) is 0. The second-order valence-electron chi connectivity index (χ2n) is 6.00. The first-order chi connectivity index (χ1) is 8.93. The molecule has 0 aromatic heterocycles. The highest BCUT2D eigenvalue weighted by atomic mass is 16.5. The standard InChI is InChI=1S/C15H26O4/c1-4-13(8-10(2)3)19-15(18)12-7-5-6-11(9-12)14(16)17/h10-13H,4-9H2,1-3H3,(H,16,17). The summed E-state index contributed by atoms with van der Waals surface area (Å²) in [6, 6.07) is 0. The molecule has 4 heteroatoms. The molecule has 1 aliphatic carbocycles. The van der Waals surface area contributed by atoms with Crippen molar-refractivity contribution in [2.45, 2.75) is 65.4 Å². The van der Waals surface area contributed by atoms with Crippen LogP contribution in [-0.4, -0.2) is 23.1 Å². The Hall–Kier alpha value is -1.06. The van der Waals surface area contributed by atoms with Gasteiger partial charge < -0.3 is 9.84 Å². The van der Waals surface area contributed by atoms with Gasteiger partial charge in [-0.15, -0.1) is 0 Å². The van der Waals surface area contributed by atoms with Crippen molar-refractivity contribution in [1.29, 1.82) is 0 Å². The Morgan fingerprint density at radius 3 is 2.42 bits per heavy atom. The molecule has 1 rings (SSSR count). The summed E-state index contributed by atoms with van der Waals surface area (Å²) in [4.78, 5) is 23.1. The van der Waals surface area contributed by atoms with E-state index in [2.05, 4.69) is 13.8 Å². The number of carboxylic acid groups (broad SMARTS) is 1. The normalized spacial score (nSPS) is 25.1. The summed E-state index contributed by atoms with van der Waals surface area (Å²) >= 11 is 0. The minimum absolute atomic E-state index is 0.0299. The fourth-order valence-corrected chi connectivity index (χ4v) is 2.71. The summed E-state index contributed by atoms with van der Waals surface area (Å²) in [6.45, 7) is 6.23. The van der Waals surface area contributed by atoms with E-state index < -0.39 is 5.97 Å². The molecule has 0 heterocycles. The molecule has 0 spiro atoms. The SMILES string of the molecule is CCC(CC(C)C)OC(=O)C1CCCC(C(=O)O)C1. The number of carboxylic acids is 1. The molecule has 0 bridgehead atoms. The van der Waals surface area contributed by atoms with Gasteiger partial charge in [0, 0.05) is 0 Å². The van der Waals surface area contributed by atoms with E-state index in [1.54, 1.807) is 0 Å². The Labute approximate surface area is 115 Å². The molecule has 0 aromatic rings. The van der Waals surface area contributed by atoms with Crippen LogP contribution in [0.25, 0.3) is 0 Å². The molecule has 0 aromatic carbocycles. The third kappa shape index (κ3) is 5.21. The van der Waals surface area contributed by atoms with E-state index in [0.29, 0.717) is 18.8 Å². The highest BCUT2D eigenvalue weighted by molar-refractivity contribution is 5.75. The van der Waals surface area contributed by atoms with Gasteiger partial charge in [0.05, 0.1) is 11.8 Å². The molecular formula is C15H26O4. The maximum atomic E-state index is 12.1. The number of hydrogen-bond donors (Lipinski definition) is 1. The van der Waals surface area contributed by atoms with Gasteiger partial charge in [-0.3, -0.25) is 9.59 Å². The van der Waals surface area contributed by atoms with Crippen LogP contribution in [-0.2, 0) is 14.3 Å². The van der Waals surface area contributed by atoms with Crippen molar-refractivity contribution in [3.63, 3.8) is 0 Å². The number of aliphatic carboxylic acids is 1. The van der Waals surface area contributed by atoms with Gasteiger partial charge in [0.15, 0.2) is 0 Å². The number of carbonyl (C=O) groups excluding carboxylic acids is 1. The van der Waals surface area contributed by atoms with E-state index >= 15 is 0 Å². The second kappa shape index (κ2) is 7.51. The van der Waals surface area contributed by atoms with Crippen molar-refractivity contribution >= 4 is 11.9 Å². The van der Waals surface area contributed by atoms with E-state index in [1.807, 2.05) is 6.92 Å². The summed E-state index contributed by atoms with van der Waals surface area (Å²) in [5.41, 5.74) is 0. The minimum atomic E-state index is -0.785. The first-order valence-corrected chi connectivity index (χ1v) is 7.37. The van der Waals surface area contributed by atoms with Gasteiger partial charge in [0.25, 0.3) is 0 Å². The number of hydrogen-bond acceptors (Lipinski definition) is 3. The molecule has 1 N–H and O–H groups in total. The smallest absolute Gasteiger partial charge is 0.309 e. The first-order valence-electron chi connectivity index (χ1n) is 7.37. The Morgan fingerprint density at radius 1 is 1.26 bits per heavy atom. The fraction of sp³-hybridized carbons (Fsp3) is 0.867. The Kier molecular flexibility index (Phi) is 6.32. The molecule has 1 saturated carbocycles. The van der Waals surface area contributed by atoms with Gasteiger partial charge in [0.1, 0.15) is 6.10 Å². The van der Waals surface area contributed by atoms with Crippen LogP contribution in [0.4, 0.5) is 0 Å². The summed E-state index contributed by atoms with van der Waals surface area (Å²) in [5.74, 6) is -1.09. The van der Waals surface area contributed by atoms with E-state index in [-0.39, 0.29) is 23.9 Å². The molecule has 1 aliphatic rings. The van der Waals surface area contributed by atoms with Crippen LogP contribution in [0.5, 0.6) is 0 Å². The number of rotatable bonds is 6. The Bertz CT molecular complexity index is 311. The van der Waals surface area contributed by atoms with E-state index in [1.165, 1.54) is 0 Å². The van der Waals surface area contributed by atoms with Gasteiger partial charge >= 0.3 is 11.9 Å². The van der Waals surface area contributed by atoms with Crippen LogP contribution >= 0.6 is 0 Å². The van der Waals surface area contributed by atoms with Crippen molar-refractivity contribution < 1.29 is 19.4 Å².